The van der Waals surface area contributed by atoms with Crippen molar-refractivity contribution in [2.45, 2.75) is 51.1 Å². The molecule has 2 heterocycles. The minimum atomic E-state index is -0.532. The van der Waals surface area contributed by atoms with Crippen LogP contribution in [0, 0.1) is 0 Å². The molecule has 2 rings (SSSR count). The monoisotopic (exact) mass is 258 g/mol. The fourth-order valence-corrected chi connectivity index (χ4v) is 4.24. The SMILES string of the molecule is CC(CN1CCCCC1)NC1CCS(=O)CC1. The van der Waals surface area contributed by atoms with Gasteiger partial charge >= 0.3 is 0 Å². The van der Waals surface area contributed by atoms with E-state index in [0.717, 1.165) is 24.3 Å². The molecule has 4 heteroatoms. The lowest BCUT2D eigenvalue weighted by atomic mass is 10.1. The van der Waals surface area contributed by atoms with Gasteiger partial charge in [-0.1, -0.05) is 6.42 Å². The Morgan fingerprint density at radius 1 is 1.24 bits per heavy atom. The van der Waals surface area contributed by atoms with E-state index in [-0.39, 0.29) is 0 Å². The molecule has 2 saturated heterocycles. The first-order chi connectivity index (χ1) is 8.24. The molecule has 3 nitrogen and oxygen atoms in total. The summed E-state index contributed by atoms with van der Waals surface area (Å²) in [6.07, 6.45) is 6.34. The highest BCUT2D eigenvalue weighted by molar-refractivity contribution is 7.85. The van der Waals surface area contributed by atoms with Gasteiger partial charge in [-0.05, 0) is 45.7 Å². The Morgan fingerprint density at radius 2 is 1.88 bits per heavy atom. The molecule has 0 aliphatic carbocycles. The first-order valence-corrected chi connectivity index (χ1v) is 8.56. The van der Waals surface area contributed by atoms with Crippen molar-refractivity contribution in [2.75, 3.05) is 31.1 Å². The van der Waals surface area contributed by atoms with Gasteiger partial charge in [-0.25, -0.2) is 0 Å². The molecular formula is C13H26N2OS. The first kappa shape index (κ1) is 13.5. The molecule has 2 fully saturated rings. The molecule has 2 aliphatic rings. The molecule has 0 aromatic heterocycles. The number of nitrogens with zero attached hydrogens (tertiary/aromatic N) is 1. The normalized spacial score (nSPS) is 33.5. The molecule has 0 bridgehead atoms. The summed E-state index contributed by atoms with van der Waals surface area (Å²) in [4.78, 5) is 2.59. The molecule has 0 aromatic rings. The van der Waals surface area contributed by atoms with Gasteiger partial charge in [-0.2, -0.15) is 0 Å². The standard InChI is InChI=1S/C13H26N2OS/c1-12(11-15-7-3-2-4-8-15)14-13-5-9-17(16)10-6-13/h12-14H,2-11H2,1H3. The lowest BCUT2D eigenvalue weighted by Gasteiger charge is -2.32. The highest BCUT2D eigenvalue weighted by Gasteiger charge is 2.20. The van der Waals surface area contributed by atoms with Gasteiger partial charge in [0, 0.05) is 40.9 Å². The van der Waals surface area contributed by atoms with E-state index < -0.39 is 10.8 Å². The van der Waals surface area contributed by atoms with Crippen molar-refractivity contribution in [2.24, 2.45) is 0 Å². The zero-order valence-corrected chi connectivity index (χ0v) is 11.8. The maximum absolute atomic E-state index is 11.3. The molecule has 1 unspecified atom stereocenters. The van der Waals surface area contributed by atoms with E-state index in [9.17, 15) is 4.21 Å². The average molecular weight is 258 g/mol. The predicted molar refractivity (Wildman–Crippen MR) is 73.8 cm³/mol. The van der Waals surface area contributed by atoms with E-state index in [1.165, 1.54) is 38.9 Å². The van der Waals surface area contributed by atoms with Gasteiger partial charge in [0.25, 0.3) is 0 Å². The maximum Gasteiger partial charge on any atom is 0.0249 e. The van der Waals surface area contributed by atoms with Crippen LogP contribution in [0.4, 0.5) is 0 Å². The van der Waals surface area contributed by atoms with E-state index in [2.05, 4.69) is 17.1 Å². The summed E-state index contributed by atoms with van der Waals surface area (Å²) in [5, 5.41) is 3.71. The Hall–Kier alpha value is 0.0700. The van der Waals surface area contributed by atoms with Gasteiger partial charge < -0.3 is 10.2 Å². The van der Waals surface area contributed by atoms with Crippen molar-refractivity contribution in [1.82, 2.24) is 10.2 Å². The molecular weight excluding hydrogens is 232 g/mol. The third kappa shape index (κ3) is 4.68. The summed E-state index contributed by atoms with van der Waals surface area (Å²) in [5.41, 5.74) is 0. The minimum Gasteiger partial charge on any atom is -0.310 e. The fraction of sp³-hybridized carbons (Fsp3) is 1.00. The summed E-state index contributed by atoms with van der Waals surface area (Å²) < 4.78 is 11.3. The second-order valence-corrected chi connectivity index (χ2v) is 7.25. The van der Waals surface area contributed by atoms with Gasteiger partial charge in [0.05, 0.1) is 0 Å². The van der Waals surface area contributed by atoms with Crippen LogP contribution >= 0.6 is 0 Å². The van der Waals surface area contributed by atoms with E-state index in [1.54, 1.807) is 0 Å². The van der Waals surface area contributed by atoms with Crippen LogP contribution in [0.15, 0.2) is 0 Å². The fourth-order valence-electron chi connectivity index (χ4n) is 2.94. The van der Waals surface area contributed by atoms with Crippen molar-refractivity contribution in [3.05, 3.63) is 0 Å². The van der Waals surface area contributed by atoms with Gasteiger partial charge in [0.1, 0.15) is 0 Å². The average Bonchev–Trinajstić information content (AvgIpc) is 2.33. The van der Waals surface area contributed by atoms with Crippen LogP contribution in [0.1, 0.15) is 39.0 Å². The largest absolute Gasteiger partial charge is 0.310 e. The highest BCUT2D eigenvalue weighted by atomic mass is 32.2. The molecule has 0 saturated carbocycles. The number of hydrogen-bond acceptors (Lipinski definition) is 3. The summed E-state index contributed by atoms with van der Waals surface area (Å²) in [6, 6.07) is 1.18. The topological polar surface area (TPSA) is 32.3 Å². The van der Waals surface area contributed by atoms with Crippen LogP contribution in [0.2, 0.25) is 0 Å². The molecule has 1 atom stereocenters. The second-order valence-electron chi connectivity index (χ2n) is 5.55. The van der Waals surface area contributed by atoms with Crippen LogP contribution < -0.4 is 5.32 Å². The van der Waals surface area contributed by atoms with E-state index in [4.69, 9.17) is 0 Å². The van der Waals surface area contributed by atoms with E-state index in [0.29, 0.717) is 12.1 Å². The third-order valence-electron chi connectivity index (χ3n) is 3.89. The number of likely N-dealkylation sites (tertiary alicyclic amines) is 1. The van der Waals surface area contributed by atoms with Crippen molar-refractivity contribution >= 4 is 10.8 Å². The minimum absolute atomic E-state index is 0.532. The number of hydrogen-bond donors (Lipinski definition) is 1. The van der Waals surface area contributed by atoms with Crippen molar-refractivity contribution in [3.63, 3.8) is 0 Å². The molecule has 0 spiro atoms. The Labute approximate surface area is 108 Å². The van der Waals surface area contributed by atoms with Crippen LogP contribution in [-0.4, -0.2) is 52.3 Å². The van der Waals surface area contributed by atoms with Gasteiger partial charge in [0.2, 0.25) is 0 Å². The molecule has 17 heavy (non-hydrogen) atoms. The van der Waals surface area contributed by atoms with Crippen LogP contribution in [0.3, 0.4) is 0 Å². The smallest absolute Gasteiger partial charge is 0.0249 e. The van der Waals surface area contributed by atoms with Crippen LogP contribution in [0.25, 0.3) is 0 Å². The molecule has 1 N–H and O–H groups in total. The maximum atomic E-state index is 11.3. The third-order valence-corrected chi connectivity index (χ3v) is 5.27. The van der Waals surface area contributed by atoms with Gasteiger partial charge in [0.15, 0.2) is 0 Å². The molecule has 100 valence electrons. The summed E-state index contributed by atoms with van der Waals surface area (Å²) in [5.74, 6) is 1.79. The van der Waals surface area contributed by atoms with Crippen molar-refractivity contribution in [1.29, 1.82) is 0 Å². The lowest BCUT2D eigenvalue weighted by molar-refractivity contribution is 0.203. The Kier molecular flexibility index (Phi) is 5.45. The number of rotatable bonds is 4. The summed E-state index contributed by atoms with van der Waals surface area (Å²) >= 11 is 0. The predicted octanol–water partition coefficient (Wildman–Crippen LogP) is 1.36. The Morgan fingerprint density at radius 3 is 2.53 bits per heavy atom. The Balaban J connectivity index is 1.65. The highest BCUT2D eigenvalue weighted by Crippen LogP contribution is 2.12. The number of nitrogens with one attached hydrogen (secondary N) is 1. The second kappa shape index (κ2) is 6.86. The zero-order chi connectivity index (χ0) is 12.1. The molecule has 0 aromatic carbocycles. The lowest BCUT2D eigenvalue weighted by Crippen LogP contribution is -2.47. The zero-order valence-electron chi connectivity index (χ0n) is 11.0. The summed E-state index contributed by atoms with van der Waals surface area (Å²) in [7, 11) is -0.532. The van der Waals surface area contributed by atoms with Gasteiger partial charge in [-0.15, -0.1) is 0 Å². The van der Waals surface area contributed by atoms with Crippen molar-refractivity contribution < 1.29 is 4.21 Å². The van der Waals surface area contributed by atoms with E-state index >= 15 is 0 Å². The summed E-state index contributed by atoms with van der Waals surface area (Å²) in [6.45, 7) is 6.03. The quantitative estimate of drug-likeness (QED) is 0.826. The molecule has 0 radical (unpaired) electrons. The Bertz CT molecular complexity index is 244. The van der Waals surface area contributed by atoms with Crippen LogP contribution in [0.5, 0.6) is 0 Å². The van der Waals surface area contributed by atoms with Gasteiger partial charge in [-0.3, -0.25) is 4.21 Å². The molecule has 2 aliphatic heterocycles. The number of piperidine rings is 1. The van der Waals surface area contributed by atoms with E-state index in [1.807, 2.05) is 0 Å². The molecule has 0 amide bonds. The van der Waals surface area contributed by atoms with Crippen LogP contribution in [-0.2, 0) is 10.8 Å². The first-order valence-electron chi connectivity index (χ1n) is 7.07. The van der Waals surface area contributed by atoms with Crippen molar-refractivity contribution in [3.8, 4) is 0 Å².